The van der Waals surface area contributed by atoms with Crippen LogP contribution in [0.15, 0.2) is 12.1 Å². The van der Waals surface area contributed by atoms with Crippen molar-refractivity contribution < 1.29 is 4.79 Å². The van der Waals surface area contributed by atoms with Crippen molar-refractivity contribution in [2.24, 2.45) is 11.8 Å². The van der Waals surface area contributed by atoms with E-state index in [9.17, 15) is 4.79 Å². The van der Waals surface area contributed by atoms with Crippen molar-refractivity contribution in [3.8, 4) is 0 Å². The fourth-order valence-electron chi connectivity index (χ4n) is 2.25. The van der Waals surface area contributed by atoms with E-state index >= 15 is 0 Å². The summed E-state index contributed by atoms with van der Waals surface area (Å²) in [5, 5.41) is 3.00. The lowest BCUT2D eigenvalue weighted by Gasteiger charge is -2.19. The van der Waals surface area contributed by atoms with Crippen molar-refractivity contribution in [3.63, 3.8) is 0 Å². The Labute approximate surface area is 121 Å². The monoisotopic (exact) mass is 275 g/mol. The Kier molecular flexibility index (Phi) is 4.02. The molecule has 0 spiro atoms. The van der Waals surface area contributed by atoms with Gasteiger partial charge in [0.1, 0.15) is 5.82 Å². The van der Waals surface area contributed by atoms with Gasteiger partial charge in [0.05, 0.1) is 0 Å². The third kappa shape index (κ3) is 3.71. The molecule has 1 atom stereocenters. The first kappa shape index (κ1) is 14.8. The largest absolute Gasteiger partial charge is 0.384 e. The van der Waals surface area contributed by atoms with Gasteiger partial charge in [0.15, 0.2) is 0 Å². The number of rotatable bonds is 4. The number of amides is 1. The van der Waals surface area contributed by atoms with Gasteiger partial charge >= 0.3 is 0 Å². The Morgan fingerprint density at radius 1 is 1.45 bits per heavy atom. The Bertz CT molecular complexity index is 501. The standard InChI is InChI=1S/C16H25N3O/c1-10(11-5-6-11)9-18-15(20)12-7-13(16(2,3)4)19-14(17)8-12/h7-8,10-11H,5-6,9H2,1-4H3,(H2,17,19)(H,18,20). The molecule has 4 nitrogen and oxygen atoms in total. The molecule has 0 aliphatic heterocycles. The lowest BCUT2D eigenvalue weighted by atomic mass is 9.90. The van der Waals surface area contributed by atoms with Gasteiger partial charge in [-0.25, -0.2) is 4.98 Å². The summed E-state index contributed by atoms with van der Waals surface area (Å²) < 4.78 is 0. The van der Waals surface area contributed by atoms with E-state index in [1.54, 1.807) is 6.07 Å². The quantitative estimate of drug-likeness (QED) is 0.887. The van der Waals surface area contributed by atoms with Gasteiger partial charge in [0.2, 0.25) is 0 Å². The van der Waals surface area contributed by atoms with E-state index in [0.29, 0.717) is 17.3 Å². The number of pyridine rings is 1. The minimum atomic E-state index is -0.119. The topological polar surface area (TPSA) is 68.0 Å². The van der Waals surface area contributed by atoms with E-state index in [1.807, 2.05) is 6.07 Å². The first-order valence-electron chi connectivity index (χ1n) is 7.33. The molecule has 1 aromatic rings. The molecule has 0 radical (unpaired) electrons. The van der Waals surface area contributed by atoms with Crippen LogP contribution >= 0.6 is 0 Å². The van der Waals surface area contributed by atoms with E-state index in [0.717, 1.165) is 18.2 Å². The summed E-state index contributed by atoms with van der Waals surface area (Å²) >= 11 is 0. The maximum atomic E-state index is 12.2. The summed E-state index contributed by atoms with van der Waals surface area (Å²) in [6.45, 7) is 9.11. The summed E-state index contributed by atoms with van der Waals surface area (Å²) in [5.74, 6) is 1.69. The highest BCUT2D eigenvalue weighted by molar-refractivity contribution is 5.95. The Morgan fingerprint density at radius 2 is 2.10 bits per heavy atom. The molecular weight excluding hydrogens is 250 g/mol. The highest BCUT2D eigenvalue weighted by Gasteiger charge is 2.28. The zero-order valence-corrected chi connectivity index (χ0v) is 12.9. The molecule has 1 aliphatic carbocycles. The third-order valence-electron chi connectivity index (χ3n) is 3.89. The molecule has 3 N–H and O–H groups in total. The molecule has 1 amide bonds. The van der Waals surface area contributed by atoms with E-state index < -0.39 is 0 Å². The van der Waals surface area contributed by atoms with Gasteiger partial charge in [-0.3, -0.25) is 4.79 Å². The zero-order chi connectivity index (χ0) is 14.9. The van der Waals surface area contributed by atoms with Crippen LogP contribution in [-0.4, -0.2) is 17.4 Å². The number of nitrogens with one attached hydrogen (secondary N) is 1. The molecule has 4 heteroatoms. The number of carbonyl (C=O) groups is 1. The Morgan fingerprint density at radius 3 is 2.65 bits per heavy atom. The maximum absolute atomic E-state index is 12.2. The second-order valence-corrected chi connectivity index (χ2v) is 6.94. The van der Waals surface area contributed by atoms with Crippen LogP contribution in [0.25, 0.3) is 0 Å². The summed E-state index contributed by atoms with van der Waals surface area (Å²) in [6, 6.07) is 3.49. The Hall–Kier alpha value is -1.58. The average molecular weight is 275 g/mol. The first-order chi connectivity index (χ1) is 9.27. The Balaban J connectivity index is 2.06. The molecule has 1 heterocycles. The minimum absolute atomic E-state index is 0.0582. The summed E-state index contributed by atoms with van der Waals surface area (Å²) in [5.41, 5.74) is 7.15. The summed E-state index contributed by atoms with van der Waals surface area (Å²) in [7, 11) is 0. The normalized spacial score (nSPS) is 16.8. The fourth-order valence-corrected chi connectivity index (χ4v) is 2.25. The number of carbonyl (C=O) groups excluding carboxylic acids is 1. The van der Waals surface area contributed by atoms with Crippen LogP contribution < -0.4 is 11.1 Å². The van der Waals surface area contributed by atoms with E-state index in [-0.39, 0.29) is 11.3 Å². The smallest absolute Gasteiger partial charge is 0.251 e. The van der Waals surface area contributed by atoms with Crippen molar-refractivity contribution in [2.75, 3.05) is 12.3 Å². The molecule has 0 bridgehead atoms. The van der Waals surface area contributed by atoms with E-state index in [2.05, 4.69) is 38.0 Å². The number of nitrogen functional groups attached to an aromatic ring is 1. The number of hydrogen-bond donors (Lipinski definition) is 2. The van der Waals surface area contributed by atoms with Crippen molar-refractivity contribution in [3.05, 3.63) is 23.4 Å². The van der Waals surface area contributed by atoms with Crippen LogP contribution in [0.2, 0.25) is 0 Å². The average Bonchev–Trinajstić information content (AvgIpc) is 3.17. The number of aromatic nitrogens is 1. The van der Waals surface area contributed by atoms with Gasteiger partial charge in [-0.1, -0.05) is 27.7 Å². The van der Waals surface area contributed by atoms with Crippen LogP contribution in [0.1, 0.15) is 56.6 Å². The maximum Gasteiger partial charge on any atom is 0.251 e. The first-order valence-corrected chi connectivity index (χ1v) is 7.33. The van der Waals surface area contributed by atoms with Crippen molar-refractivity contribution in [1.29, 1.82) is 0 Å². The van der Waals surface area contributed by atoms with Crippen LogP contribution in [0.4, 0.5) is 5.82 Å². The lowest BCUT2D eigenvalue weighted by molar-refractivity contribution is 0.0946. The molecule has 1 aliphatic rings. The van der Waals surface area contributed by atoms with Crippen molar-refractivity contribution in [1.82, 2.24) is 10.3 Å². The molecule has 0 saturated heterocycles. The zero-order valence-electron chi connectivity index (χ0n) is 12.9. The van der Waals surface area contributed by atoms with Gasteiger partial charge in [-0.05, 0) is 36.8 Å². The number of hydrogen-bond acceptors (Lipinski definition) is 3. The summed E-state index contributed by atoms with van der Waals surface area (Å²) in [4.78, 5) is 16.5. The SMILES string of the molecule is CC(CNC(=O)c1cc(N)nc(C(C)(C)C)c1)C1CC1. The molecule has 1 fully saturated rings. The molecular formula is C16H25N3O. The predicted molar refractivity (Wildman–Crippen MR) is 81.6 cm³/mol. The molecule has 1 aromatic heterocycles. The molecule has 1 unspecified atom stereocenters. The molecule has 20 heavy (non-hydrogen) atoms. The second-order valence-electron chi connectivity index (χ2n) is 6.94. The van der Waals surface area contributed by atoms with Crippen LogP contribution in [0.3, 0.4) is 0 Å². The van der Waals surface area contributed by atoms with Gasteiger partial charge in [0.25, 0.3) is 5.91 Å². The van der Waals surface area contributed by atoms with Crippen LogP contribution in [-0.2, 0) is 5.41 Å². The second kappa shape index (κ2) is 5.43. The van der Waals surface area contributed by atoms with Gasteiger partial charge in [-0.2, -0.15) is 0 Å². The highest BCUT2D eigenvalue weighted by atomic mass is 16.1. The van der Waals surface area contributed by atoms with Crippen LogP contribution in [0.5, 0.6) is 0 Å². The van der Waals surface area contributed by atoms with Gasteiger partial charge in [-0.15, -0.1) is 0 Å². The fraction of sp³-hybridized carbons (Fsp3) is 0.625. The molecule has 0 aromatic carbocycles. The number of nitrogens with zero attached hydrogens (tertiary/aromatic N) is 1. The number of anilines is 1. The minimum Gasteiger partial charge on any atom is -0.384 e. The highest BCUT2D eigenvalue weighted by Crippen LogP contribution is 2.36. The van der Waals surface area contributed by atoms with E-state index in [1.165, 1.54) is 12.8 Å². The molecule has 2 rings (SSSR count). The van der Waals surface area contributed by atoms with Crippen molar-refractivity contribution in [2.45, 2.75) is 46.0 Å². The van der Waals surface area contributed by atoms with Crippen LogP contribution in [0, 0.1) is 11.8 Å². The van der Waals surface area contributed by atoms with E-state index in [4.69, 9.17) is 5.73 Å². The van der Waals surface area contributed by atoms with Crippen molar-refractivity contribution >= 4 is 11.7 Å². The molecule has 110 valence electrons. The van der Waals surface area contributed by atoms with Gasteiger partial charge < -0.3 is 11.1 Å². The molecule has 1 saturated carbocycles. The number of nitrogens with two attached hydrogens (primary N) is 1. The van der Waals surface area contributed by atoms with Gasteiger partial charge in [0, 0.05) is 23.2 Å². The third-order valence-corrected chi connectivity index (χ3v) is 3.89. The summed E-state index contributed by atoms with van der Waals surface area (Å²) in [6.07, 6.45) is 2.60. The lowest BCUT2D eigenvalue weighted by Crippen LogP contribution is -2.29. The predicted octanol–water partition coefficient (Wildman–Crippen LogP) is 2.74.